The van der Waals surface area contributed by atoms with Crippen LogP contribution in [0.5, 0.6) is 0 Å². The summed E-state index contributed by atoms with van der Waals surface area (Å²) in [6, 6.07) is 13.3. The fourth-order valence-corrected chi connectivity index (χ4v) is 4.03. The van der Waals surface area contributed by atoms with Crippen molar-refractivity contribution in [2.75, 3.05) is 10.6 Å². The van der Waals surface area contributed by atoms with Gasteiger partial charge in [0, 0.05) is 5.02 Å². The molecule has 0 radical (unpaired) electrons. The maximum Gasteiger partial charge on any atom is 0.244 e. The summed E-state index contributed by atoms with van der Waals surface area (Å²) >= 11 is 6.13. The number of anilines is 1. The number of aryl methyl sites for hydroxylation is 1. The zero-order valence-corrected chi connectivity index (χ0v) is 16.8. The van der Waals surface area contributed by atoms with Crippen molar-refractivity contribution in [3.63, 3.8) is 0 Å². The molecule has 0 saturated heterocycles. The molecule has 0 heterocycles. The van der Waals surface area contributed by atoms with Crippen LogP contribution in [0.1, 0.15) is 31.0 Å². The van der Waals surface area contributed by atoms with Crippen LogP contribution in [0.25, 0.3) is 0 Å². The first-order valence-electron chi connectivity index (χ1n) is 8.22. The topological polar surface area (TPSA) is 66.5 Å². The monoisotopic (exact) mass is 394 g/mol. The first-order chi connectivity index (χ1) is 12.1. The molecule has 0 aliphatic rings. The van der Waals surface area contributed by atoms with Gasteiger partial charge in [-0.15, -0.1) is 0 Å². The van der Waals surface area contributed by atoms with Gasteiger partial charge in [-0.2, -0.15) is 0 Å². The molecule has 0 fully saturated rings. The molecule has 5 nitrogen and oxygen atoms in total. The molecule has 0 spiro atoms. The number of amides is 1. The average Bonchev–Trinajstić information content (AvgIpc) is 2.57. The summed E-state index contributed by atoms with van der Waals surface area (Å²) in [6.45, 7) is 5.24. The second-order valence-corrected chi connectivity index (χ2v) is 8.58. The van der Waals surface area contributed by atoms with E-state index >= 15 is 0 Å². The Kier molecular flexibility index (Phi) is 6.31. The van der Waals surface area contributed by atoms with Gasteiger partial charge in [0.05, 0.1) is 18.0 Å². The highest BCUT2D eigenvalue weighted by Gasteiger charge is 2.30. The summed E-state index contributed by atoms with van der Waals surface area (Å²) in [4.78, 5) is 12.7. The van der Waals surface area contributed by atoms with E-state index in [1.165, 1.54) is 0 Å². The number of hydrogen-bond donors (Lipinski definition) is 1. The van der Waals surface area contributed by atoms with Gasteiger partial charge in [0.15, 0.2) is 0 Å². The first kappa shape index (κ1) is 20.3. The van der Waals surface area contributed by atoms with Gasteiger partial charge in [0.2, 0.25) is 15.9 Å². The fraction of sp³-hybridized carbons (Fsp3) is 0.316. The Bertz CT molecular complexity index is 885. The van der Waals surface area contributed by atoms with E-state index in [1.54, 1.807) is 25.1 Å². The molecular formula is C19H23ClN2O3S. The zero-order valence-electron chi connectivity index (χ0n) is 15.2. The first-order valence-corrected chi connectivity index (χ1v) is 10.4. The Balaban J connectivity index is 2.27. The number of carbonyl (C=O) groups is 1. The molecule has 26 heavy (non-hydrogen) atoms. The van der Waals surface area contributed by atoms with Crippen molar-refractivity contribution in [2.24, 2.45) is 0 Å². The SMILES string of the molecule is Cc1ccc(N(C(C)C(=O)NC(C)c2ccccc2)S(C)(=O)=O)cc1Cl. The number of nitrogens with one attached hydrogen (secondary N) is 1. The molecule has 0 saturated carbocycles. The van der Waals surface area contributed by atoms with Gasteiger partial charge >= 0.3 is 0 Å². The second-order valence-electron chi connectivity index (χ2n) is 6.31. The van der Waals surface area contributed by atoms with Crippen LogP contribution in [0.4, 0.5) is 5.69 Å². The number of rotatable bonds is 6. The van der Waals surface area contributed by atoms with Gasteiger partial charge in [-0.3, -0.25) is 9.10 Å². The summed E-state index contributed by atoms with van der Waals surface area (Å²) in [5.74, 6) is -0.386. The van der Waals surface area contributed by atoms with Crippen molar-refractivity contribution in [1.29, 1.82) is 0 Å². The molecule has 2 atom stereocenters. The molecule has 0 aliphatic carbocycles. The van der Waals surface area contributed by atoms with E-state index in [1.807, 2.05) is 44.2 Å². The molecule has 1 N–H and O–H groups in total. The number of benzene rings is 2. The molecule has 0 aliphatic heterocycles. The minimum atomic E-state index is -3.68. The van der Waals surface area contributed by atoms with E-state index in [0.29, 0.717) is 10.7 Å². The third-order valence-electron chi connectivity index (χ3n) is 4.16. The molecule has 0 bridgehead atoms. The molecule has 0 aromatic heterocycles. The quantitative estimate of drug-likeness (QED) is 0.812. The molecule has 2 rings (SSSR count). The average molecular weight is 395 g/mol. The third-order valence-corrected chi connectivity index (χ3v) is 5.81. The van der Waals surface area contributed by atoms with Gasteiger partial charge in [0.25, 0.3) is 0 Å². The lowest BCUT2D eigenvalue weighted by Crippen LogP contribution is -2.48. The van der Waals surface area contributed by atoms with Gasteiger partial charge in [-0.1, -0.05) is 48.0 Å². The molecule has 2 unspecified atom stereocenters. The highest BCUT2D eigenvalue weighted by atomic mass is 35.5. The van der Waals surface area contributed by atoms with E-state index in [0.717, 1.165) is 21.7 Å². The summed E-state index contributed by atoms with van der Waals surface area (Å²) in [5, 5.41) is 3.31. The van der Waals surface area contributed by atoms with E-state index in [-0.39, 0.29) is 11.9 Å². The van der Waals surface area contributed by atoms with Crippen molar-refractivity contribution in [2.45, 2.75) is 32.9 Å². The highest BCUT2D eigenvalue weighted by Crippen LogP contribution is 2.27. The van der Waals surface area contributed by atoms with Crippen molar-refractivity contribution in [1.82, 2.24) is 5.32 Å². The van der Waals surface area contributed by atoms with Crippen molar-refractivity contribution in [3.05, 3.63) is 64.7 Å². The maximum atomic E-state index is 12.7. The van der Waals surface area contributed by atoms with Crippen molar-refractivity contribution in [3.8, 4) is 0 Å². The molecule has 7 heteroatoms. The standard InChI is InChI=1S/C19H23ClN2O3S/c1-13-10-11-17(12-18(13)20)22(26(4,24)25)15(3)19(23)21-14(2)16-8-6-5-7-9-16/h5-12,14-15H,1-4H3,(H,21,23). The second kappa shape index (κ2) is 8.10. The zero-order chi connectivity index (χ0) is 19.5. The van der Waals surface area contributed by atoms with Gasteiger partial charge in [-0.25, -0.2) is 8.42 Å². The minimum Gasteiger partial charge on any atom is -0.348 e. The number of halogens is 1. The number of sulfonamides is 1. The Morgan fingerprint density at radius 3 is 2.27 bits per heavy atom. The number of carbonyl (C=O) groups excluding carboxylic acids is 1. The minimum absolute atomic E-state index is 0.242. The third kappa shape index (κ3) is 4.77. The molecule has 140 valence electrons. The summed E-state index contributed by atoms with van der Waals surface area (Å²) < 4.78 is 25.8. The number of hydrogen-bond acceptors (Lipinski definition) is 3. The largest absolute Gasteiger partial charge is 0.348 e. The van der Waals surface area contributed by atoms with E-state index in [9.17, 15) is 13.2 Å². The van der Waals surface area contributed by atoms with E-state index in [4.69, 9.17) is 11.6 Å². The molecule has 1 amide bonds. The predicted molar refractivity (Wildman–Crippen MR) is 106 cm³/mol. The van der Waals surface area contributed by atoms with E-state index in [2.05, 4.69) is 5.32 Å². The Labute approximate surface area is 160 Å². The van der Waals surface area contributed by atoms with Crippen LogP contribution in [0.2, 0.25) is 5.02 Å². The van der Waals surface area contributed by atoms with Crippen LogP contribution in [0, 0.1) is 6.92 Å². The van der Waals surface area contributed by atoms with Gasteiger partial charge in [0.1, 0.15) is 6.04 Å². The summed E-state index contributed by atoms with van der Waals surface area (Å²) in [6.07, 6.45) is 1.07. The van der Waals surface area contributed by atoms with Crippen molar-refractivity contribution >= 4 is 33.2 Å². The molecule has 2 aromatic rings. The smallest absolute Gasteiger partial charge is 0.244 e. The predicted octanol–water partition coefficient (Wildman–Crippen LogP) is 3.68. The van der Waals surface area contributed by atoms with E-state index < -0.39 is 16.1 Å². The fourth-order valence-electron chi connectivity index (χ4n) is 2.69. The molecule has 2 aromatic carbocycles. The van der Waals surface area contributed by atoms with Gasteiger partial charge in [-0.05, 0) is 44.0 Å². The summed E-state index contributed by atoms with van der Waals surface area (Å²) in [7, 11) is -3.68. The van der Waals surface area contributed by atoms with Crippen LogP contribution >= 0.6 is 11.6 Å². The Morgan fingerprint density at radius 2 is 1.73 bits per heavy atom. The molecular weight excluding hydrogens is 372 g/mol. The lowest BCUT2D eigenvalue weighted by atomic mass is 10.1. The maximum absolute atomic E-state index is 12.7. The highest BCUT2D eigenvalue weighted by molar-refractivity contribution is 7.92. The van der Waals surface area contributed by atoms with Crippen LogP contribution < -0.4 is 9.62 Å². The summed E-state index contributed by atoms with van der Waals surface area (Å²) in [5.41, 5.74) is 2.13. The normalized spacial score (nSPS) is 13.7. The lowest BCUT2D eigenvalue weighted by Gasteiger charge is -2.29. The lowest BCUT2D eigenvalue weighted by molar-refractivity contribution is -0.122. The van der Waals surface area contributed by atoms with Gasteiger partial charge < -0.3 is 5.32 Å². The number of nitrogens with zero attached hydrogens (tertiary/aromatic N) is 1. The Morgan fingerprint density at radius 1 is 1.12 bits per heavy atom. The van der Waals surface area contributed by atoms with Crippen LogP contribution in [0.15, 0.2) is 48.5 Å². The van der Waals surface area contributed by atoms with Crippen molar-refractivity contribution < 1.29 is 13.2 Å². The van der Waals surface area contributed by atoms with Crippen LogP contribution in [0.3, 0.4) is 0 Å². The van der Waals surface area contributed by atoms with Crippen LogP contribution in [-0.4, -0.2) is 26.6 Å². The van der Waals surface area contributed by atoms with Crippen LogP contribution in [-0.2, 0) is 14.8 Å². The Hall–Kier alpha value is -2.05.